The Morgan fingerprint density at radius 2 is 1.80 bits per heavy atom. The highest BCUT2D eigenvalue weighted by atomic mass is 16.1. The predicted molar refractivity (Wildman–Crippen MR) is 62.5 cm³/mol. The van der Waals surface area contributed by atoms with Crippen molar-refractivity contribution in [2.24, 2.45) is 0 Å². The molecule has 1 aliphatic carbocycles. The summed E-state index contributed by atoms with van der Waals surface area (Å²) in [5, 5.41) is 2.42. The summed E-state index contributed by atoms with van der Waals surface area (Å²) in [4.78, 5) is 11.5. The molecule has 1 heteroatoms. The van der Waals surface area contributed by atoms with Gasteiger partial charge in [0.25, 0.3) is 0 Å². The van der Waals surface area contributed by atoms with E-state index in [2.05, 4.69) is 18.2 Å². The Hall–Kier alpha value is -1.89. The molecule has 1 nitrogen and oxygen atoms in total. The number of Topliss-reactive ketones (excluding diaryl/α,β-unsaturated/α-hetero) is 1. The predicted octanol–water partition coefficient (Wildman–Crippen LogP) is 3.28. The highest BCUT2D eigenvalue weighted by Gasteiger charge is 2.18. The van der Waals surface area contributed by atoms with Crippen molar-refractivity contribution in [3.05, 3.63) is 47.5 Å². The van der Waals surface area contributed by atoms with Crippen LogP contribution in [-0.4, -0.2) is 5.78 Å². The van der Waals surface area contributed by atoms with E-state index in [4.69, 9.17) is 0 Å². The van der Waals surface area contributed by atoms with Crippen molar-refractivity contribution in [2.45, 2.75) is 6.92 Å². The van der Waals surface area contributed by atoms with E-state index in [1.165, 1.54) is 10.8 Å². The van der Waals surface area contributed by atoms with Crippen LogP contribution in [0, 0.1) is 0 Å². The van der Waals surface area contributed by atoms with Crippen LogP contribution in [0.5, 0.6) is 0 Å². The molecule has 72 valence electrons. The molecule has 0 aliphatic heterocycles. The number of carbonyl (C=O) groups excluding carboxylic acids is 1. The van der Waals surface area contributed by atoms with E-state index in [0.29, 0.717) is 0 Å². The van der Waals surface area contributed by atoms with Crippen LogP contribution < -0.4 is 0 Å². The maximum Gasteiger partial charge on any atom is 0.160 e. The molecule has 2 aromatic rings. The first-order valence-corrected chi connectivity index (χ1v) is 5.02. The van der Waals surface area contributed by atoms with Gasteiger partial charge in [-0.25, -0.2) is 0 Å². The van der Waals surface area contributed by atoms with E-state index in [-0.39, 0.29) is 5.78 Å². The number of ketones is 1. The number of benzene rings is 2. The van der Waals surface area contributed by atoms with Crippen LogP contribution in [0.25, 0.3) is 22.4 Å². The number of rotatable bonds is 1. The van der Waals surface area contributed by atoms with Gasteiger partial charge in [0.15, 0.2) is 5.78 Å². The Morgan fingerprint density at radius 3 is 2.53 bits per heavy atom. The molecule has 3 rings (SSSR count). The molecule has 15 heavy (non-hydrogen) atoms. The molecule has 0 fully saturated rings. The standard InChI is InChI=1S/C14H10O/c1-9(15)13-8-11-6-2-4-10-5-3-7-12(13)14(10)11/h2-8H,1H3. The summed E-state index contributed by atoms with van der Waals surface area (Å²) < 4.78 is 0. The van der Waals surface area contributed by atoms with Crippen molar-refractivity contribution < 1.29 is 4.79 Å². The average molecular weight is 194 g/mol. The summed E-state index contributed by atoms with van der Waals surface area (Å²) in [6.45, 7) is 1.62. The SMILES string of the molecule is CC(=O)C1=Cc2cccc3cccc1c23. The fourth-order valence-corrected chi connectivity index (χ4v) is 2.24. The third-order valence-corrected chi connectivity index (χ3v) is 2.91. The van der Waals surface area contributed by atoms with E-state index < -0.39 is 0 Å². The normalized spacial score (nSPS) is 13.0. The average Bonchev–Trinajstić information content (AvgIpc) is 2.61. The molecule has 0 saturated heterocycles. The molecule has 0 atom stereocenters. The van der Waals surface area contributed by atoms with Gasteiger partial charge in [0.1, 0.15) is 0 Å². The van der Waals surface area contributed by atoms with E-state index in [0.717, 1.165) is 16.7 Å². The molecule has 0 saturated carbocycles. The maximum atomic E-state index is 11.5. The Labute approximate surface area is 88.0 Å². The van der Waals surface area contributed by atoms with Gasteiger partial charge in [0, 0.05) is 5.57 Å². The molecule has 0 bridgehead atoms. The lowest BCUT2D eigenvalue weighted by atomic mass is 10.0. The Kier molecular flexibility index (Phi) is 1.57. The molecule has 0 N–H and O–H groups in total. The van der Waals surface area contributed by atoms with Crippen LogP contribution in [-0.2, 0) is 4.79 Å². The highest BCUT2D eigenvalue weighted by Crippen LogP contribution is 2.36. The molecular formula is C14H10O. The minimum absolute atomic E-state index is 0.138. The number of hydrogen-bond acceptors (Lipinski definition) is 1. The molecule has 0 aromatic heterocycles. The number of hydrogen-bond donors (Lipinski definition) is 0. The lowest BCUT2D eigenvalue weighted by molar-refractivity contribution is -0.111. The summed E-state index contributed by atoms with van der Waals surface area (Å²) in [5.41, 5.74) is 3.07. The Morgan fingerprint density at radius 1 is 1.07 bits per heavy atom. The minimum Gasteiger partial charge on any atom is -0.294 e. The second-order valence-corrected chi connectivity index (χ2v) is 3.87. The van der Waals surface area contributed by atoms with E-state index in [1.807, 2.05) is 24.3 Å². The van der Waals surface area contributed by atoms with Crippen LogP contribution in [0.15, 0.2) is 36.4 Å². The van der Waals surface area contributed by atoms with Crippen molar-refractivity contribution >= 4 is 28.2 Å². The first-order valence-electron chi connectivity index (χ1n) is 5.02. The van der Waals surface area contributed by atoms with Gasteiger partial charge < -0.3 is 0 Å². The minimum atomic E-state index is 0.138. The van der Waals surface area contributed by atoms with Crippen LogP contribution in [0.1, 0.15) is 18.1 Å². The van der Waals surface area contributed by atoms with E-state index >= 15 is 0 Å². The molecule has 0 amide bonds. The fraction of sp³-hybridized carbons (Fsp3) is 0.0714. The zero-order chi connectivity index (χ0) is 10.4. The van der Waals surface area contributed by atoms with E-state index in [9.17, 15) is 4.79 Å². The van der Waals surface area contributed by atoms with Gasteiger partial charge in [-0.2, -0.15) is 0 Å². The summed E-state index contributed by atoms with van der Waals surface area (Å²) in [6, 6.07) is 12.3. The summed E-state index contributed by atoms with van der Waals surface area (Å²) in [7, 11) is 0. The lowest BCUT2D eigenvalue weighted by Crippen LogP contribution is -1.92. The van der Waals surface area contributed by atoms with Gasteiger partial charge in [0.05, 0.1) is 0 Å². The monoisotopic (exact) mass is 194 g/mol. The van der Waals surface area contributed by atoms with Gasteiger partial charge in [-0.3, -0.25) is 4.79 Å². The van der Waals surface area contributed by atoms with Crippen LogP contribution >= 0.6 is 0 Å². The zero-order valence-electron chi connectivity index (χ0n) is 8.45. The summed E-state index contributed by atoms with van der Waals surface area (Å²) in [6.07, 6.45) is 1.99. The third-order valence-electron chi connectivity index (χ3n) is 2.91. The highest BCUT2D eigenvalue weighted by molar-refractivity contribution is 6.31. The second kappa shape index (κ2) is 2.80. The van der Waals surface area contributed by atoms with Crippen molar-refractivity contribution in [1.29, 1.82) is 0 Å². The molecule has 0 spiro atoms. The van der Waals surface area contributed by atoms with Crippen molar-refractivity contribution in [1.82, 2.24) is 0 Å². The van der Waals surface area contributed by atoms with Crippen molar-refractivity contribution in [3.8, 4) is 0 Å². The molecule has 0 radical (unpaired) electrons. The van der Waals surface area contributed by atoms with Gasteiger partial charge in [-0.1, -0.05) is 36.4 Å². The van der Waals surface area contributed by atoms with E-state index in [1.54, 1.807) is 6.92 Å². The Balaban J connectivity index is 2.45. The summed E-state index contributed by atoms with van der Waals surface area (Å²) >= 11 is 0. The van der Waals surface area contributed by atoms with Gasteiger partial charge in [0.2, 0.25) is 0 Å². The van der Waals surface area contributed by atoms with Gasteiger partial charge >= 0.3 is 0 Å². The van der Waals surface area contributed by atoms with Crippen LogP contribution in [0.3, 0.4) is 0 Å². The first-order chi connectivity index (χ1) is 7.27. The molecule has 1 aliphatic rings. The topological polar surface area (TPSA) is 17.1 Å². The smallest absolute Gasteiger partial charge is 0.160 e. The lowest BCUT2D eigenvalue weighted by Gasteiger charge is -2.02. The molecule has 0 heterocycles. The quantitative estimate of drug-likeness (QED) is 0.680. The van der Waals surface area contributed by atoms with Crippen LogP contribution in [0.4, 0.5) is 0 Å². The third kappa shape index (κ3) is 1.06. The molecule has 2 aromatic carbocycles. The van der Waals surface area contributed by atoms with Gasteiger partial charge in [-0.15, -0.1) is 0 Å². The second-order valence-electron chi connectivity index (χ2n) is 3.87. The molecular weight excluding hydrogens is 184 g/mol. The number of carbonyl (C=O) groups is 1. The zero-order valence-corrected chi connectivity index (χ0v) is 8.45. The van der Waals surface area contributed by atoms with Gasteiger partial charge in [-0.05, 0) is 34.9 Å². The van der Waals surface area contributed by atoms with Crippen molar-refractivity contribution in [2.75, 3.05) is 0 Å². The molecule has 0 unspecified atom stereocenters. The van der Waals surface area contributed by atoms with Crippen molar-refractivity contribution in [3.63, 3.8) is 0 Å². The van der Waals surface area contributed by atoms with Crippen LogP contribution in [0.2, 0.25) is 0 Å². The maximum absolute atomic E-state index is 11.5. The number of allylic oxidation sites excluding steroid dienone is 1. The fourth-order valence-electron chi connectivity index (χ4n) is 2.24. The largest absolute Gasteiger partial charge is 0.294 e. The first kappa shape index (κ1) is 8.42. The Bertz CT molecular complexity index is 601. The summed E-state index contributed by atoms with van der Waals surface area (Å²) in [5.74, 6) is 0.138.